The number of halogens is 1. The molecule has 1 atom stereocenters. The fourth-order valence-electron chi connectivity index (χ4n) is 3.22. The quantitative estimate of drug-likeness (QED) is 0.902. The minimum Gasteiger partial charge on any atom is -0.386 e. The molecule has 0 aromatic carbocycles. The van der Waals surface area contributed by atoms with Gasteiger partial charge in [0.05, 0.1) is 29.5 Å². The van der Waals surface area contributed by atoms with Gasteiger partial charge >= 0.3 is 0 Å². The highest BCUT2D eigenvalue weighted by atomic mass is 79.9. The van der Waals surface area contributed by atoms with Gasteiger partial charge in [0, 0.05) is 13.0 Å². The molecule has 1 aliphatic carbocycles. The van der Waals surface area contributed by atoms with Crippen molar-refractivity contribution in [1.29, 1.82) is 0 Å². The second-order valence-electron chi connectivity index (χ2n) is 6.46. The molecule has 0 aliphatic heterocycles. The summed E-state index contributed by atoms with van der Waals surface area (Å²) < 4.78 is 7.80. The summed E-state index contributed by atoms with van der Waals surface area (Å²) >= 11 is 3.50. The maximum Gasteiger partial charge on any atom is 0.101 e. The zero-order valence-electron chi connectivity index (χ0n) is 12.3. The molecular weight excluding hydrogens is 308 g/mol. The van der Waals surface area contributed by atoms with Crippen molar-refractivity contribution in [3.05, 3.63) is 16.4 Å². The molecule has 5 heteroatoms. The van der Waals surface area contributed by atoms with Crippen LogP contribution >= 0.6 is 15.9 Å². The van der Waals surface area contributed by atoms with Crippen molar-refractivity contribution < 1.29 is 9.84 Å². The Bertz CT molecular complexity index is 454. The molecule has 0 bridgehead atoms. The van der Waals surface area contributed by atoms with E-state index >= 15 is 0 Å². The molecule has 1 N–H and O–H groups in total. The van der Waals surface area contributed by atoms with Gasteiger partial charge in [0.2, 0.25) is 0 Å². The Morgan fingerprint density at radius 1 is 1.42 bits per heavy atom. The molecule has 1 unspecified atom stereocenters. The number of aromatic nitrogens is 2. The third kappa shape index (κ3) is 2.26. The van der Waals surface area contributed by atoms with Crippen molar-refractivity contribution in [1.82, 2.24) is 9.78 Å². The van der Waals surface area contributed by atoms with E-state index in [4.69, 9.17) is 4.74 Å². The van der Waals surface area contributed by atoms with E-state index in [1.807, 2.05) is 4.68 Å². The van der Waals surface area contributed by atoms with Crippen LogP contribution in [0.15, 0.2) is 10.7 Å². The van der Waals surface area contributed by atoms with Crippen molar-refractivity contribution in [2.75, 3.05) is 13.7 Å². The smallest absolute Gasteiger partial charge is 0.101 e. The van der Waals surface area contributed by atoms with Crippen molar-refractivity contribution in [3.8, 4) is 0 Å². The summed E-state index contributed by atoms with van der Waals surface area (Å²) in [5, 5.41) is 15.1. The molecule has 2 rings (SSSR count). The molecule has 1 saturated carbocycles. The molecule has 1 heterocycles. The van der Waals surface area contributed by atoms with Crippen LogP contribution in [0.25, 0.3) is 0 Å². The molecule has 1 fully saturated rings. The second-order valence-corrected chi connectivity index (χ2v) is 7.31. The van der Waals surface area contributed by atoms with E-state index in [1.165, 1.54) is 0 Å². The van der Waals surface area contributed by atoms with E-state index in [-0.39, 0.29) is 16.7 Å². The third-order valence-electron chi connectivity index (χ3n) is 5.07. The Labute approximate surface area is 123 Å². The van der Waals surface area contributed by atoms with Crippen molar-refractivity contribution in [2.24, 2.45) is 16.7 Å². The maximum absolute atomic E-state index is 10.7. The monoisotopic (exact) mass is 330 g/mol. The summed E-state index contributed by atoms with van der Waals surface area (Å²) in [7, 11) is 1.67. The minimum absolute atomic E-state index is 0.141. The maximum atomic E-state index is 10.7. The molecule has 1 aromatic heterocycles. The first kappa shape index (κ1) is 15.0. The number of aliphatic hydroxyl groups excluding tert-OH is 1. The Morgan fingerprint density at radius 3 is 2.47 bits per heavy atom. The van der Waals surface area contributed by atoms with E-state index in [2.05, 4.69) is 48.7 Å². The lowest BCUT2D eigenvalue weighted by Gasteiger charge is -2.16. The van der Waals surface area contributed by atoms with Gasteiger partial charge in [-0.25, -0.2) is 0 Å². The number of hydrogen-bond acceptors (Lipinski definition) is 3. The van der Waals surface area contributed by atoms with Gasteiger partial charge in [-0.05, 0) is 26.8 Å². The molecule has 0 saturated heterocycles. The summed E-state index contributed by atoms with van der Waals surface area (Å²) in [5.41, 5.74) is 1.14. The predicted octanol–water partition coefficient (Wildman–Crippen LogP) is 3.01. The fourth-order valence-corrected chi connectivity index (χ4v) is 3.75. The molecule has 108 valence electrons. The van der Waals surface area contributed by atoms with E-state index < -0.39 is 6.10 Å². The Kier molecular flexibility index (Phi) is 3.84. The zero-order chi connectivity index (χ0) is 14.4. The minimum atomic E-state index is -0.501. The van der Waals surface area contributed by atoms with Crippen LogP contribution in [0.1, 0.15) is 39.5 Å². The van der Waals surface area contributed by atoms with Crippen molar-refractivity contribution >= 4 is 15.9 Å². The molecule has 0 amide bonds. The van der Waals surface area contributed by atoms with Gasteiger partial charge in [0.15, 0.2) is 0 Å². The first-order chi connectivity index (χ1) is 8.75. The van der Waals surface area contributed by atoms with E-state index in [9.17, 15) is 5.11 Å². The van der Waals surface area contributed by atoms with Crippen LogP contribution in [0, 0.1) is 16.7 Å². The van der Waals surface area contributed by atoms with Crippen molar-refractivity contribution in [2.45, 2.75) is 40.3 Å². The van der Waals surface area contributed by atoms with Crippen LogP contribution in [0.2, 0.25) is 0 Å². The molecule has 0 spiro atoms. The highest BCUT2D eigenvalue weighted by molar-refractivity contribution is 9.10. The number of ether oxygens (including phenoxy) is 1. The summed E-state index contributed by atoms with van der Waals surface area (Å²) in [5.74, 6) is 0.245. The Morgan fingerprint density at radius 2 is 2.00 bits per heavy atom. The van der Waals surface area contributed by atoms with Crippen LogP contribution in [0.5, 0.6) is 0 Å². The fraction of sp³-hybridized carbons (Fsp3) is 0.786. The lowest BCUT2D eigenvalue weighted by molar-refractivity contribution is 0.115. The van der Waals surface area contributed by atoms with Gasteiger partial charge in [-0.15, -0.1) is 0 Å². The molecular formula is C14H23BrN2O2. The van der Waals surface area contributed by atoms with Gasteiger partial charge in [-0.3, -0.25) is 4.68 Å². The molecule has 1 aliphatic rings. The Balaban J connectivity index is 2.25. The summed E-state index contributed by atoms with van der Waals surface area (Å²) in [6.45, 7) is 10.1. The molecule has 1 aromatic rings. The SMILES string of the molecule is COCCn1ncc(Br)c1C(O)C1C(C)(C)C1(C)C. The van der Waals surface area contributed by atoms with Crippen LogP contribution in [0.4, 0.5) is 0 Å². The van der Waals surface area contributed by atoms with E-state index in [1.54, 1.807) is 13.3 Å². The first-order valence-electron chi connectivity index (χ1n) is 6.63. The number of methoxy groups -OCH3 is 1. The second kappa shape index (κ2) is 4.86. The lowest BCUT2D eigenvalue weighted by Crippen LogP contribution is -2.16. The highest BCUT2D eigenvalue weighted by Crippen LogP contribution is 2.72. The van der Waals surface area contributed by atoms with Gasteiger partial charge < -0.3 is 9.84 Å². The topological polar surface area (TPSA) is 47.3 Å². The number of aliphatic hydroxyl groups is 1. The first-order valence-corrected chi connectivity index (χ1v) is 7.42. The van der Waals surface area contributed by atoms with Gasteiger partial charge in [-0.1, -0.05) is 27.7 Å². The zero-order valence-corrected chi connectivity index (χ0v) is 13.9. The van der Waals surface area contributed by atoms with Crippen LogP contribution in [-0.4, -0.2) is 28.6 Å². The summed E-state index contributed by atoms with van der Waals surface area (Å²) in [6.07, 6.45) is 1.25. The van der Waals surface area contributed by atoms with Crippen molar-refractivity contribution in [3.63, 3.8) is 0 Å². The Hall–Kier alpha value is -0.390. The summed E-state index contributed by atoms with van der Waals surface area (Å²) in [4.78, 5) is 0. The largest absolute Gasteiger partial charge is 0.386 e. The van der Waals surface area contributed by atoms with Gasteiger partial charge in [0.25, 0.3) is 0 Å². The normalized spacial score (nSPS) is 22.5. The van der Waals surface area contributed by atoms with Crippen LogP contribution in [0.3, 0.4) is 0 Å². The van der Waals surface area contributed by atoms with E-state index in [0.717, 1.165) is 10.2 Å². The average molecular weight is 331 g/mol. The van der Waals surface area contributed by atoms with Gasteiger partial charge in [0.1, 0.15) is 6.10 Å². The predicted molar refractivity (Wildman–Crippen MR) is 77.8 cm³/mol. The highest BCUT2D eigenvalue weighted by Gasteiger charge is 2.67. The summed E-state index contributed by atoms with van der Waals surface area (Å²) in [6, 6.07) is 0. The van der Waals surface area contributed by atoms with Gasteiger partial charge in [-0.2, -0.15) is 5.10 Å². The molecule has 0 radical (unpaired) electrons. The molecule has 4 nitrogen and oxygen atoms in total. The number of hydrogen-bond donors (Lipinski definition) is 1. The average Bonchev–Trinajstić information content (AvgIpc) is 2.59. The number of rotatable bonds is 5. The lowest BCUT2D eigenvalue weighted by atomic mass is 10.0. The van der Waals surface area contributed by atoms with Crippen LogP contribution < -0.4 is 0 Å². The van der Waals surface area contributed by atoms with E-state index in [0.29, 0.717) is 13.2 Å². The van der Waals surface area contributed by atoms with Crippen LogP contribution in [-0.2, 0) is 11.3 Å². The molecule has 19 heavy (non-hydrogen) atoms. The number of nitrogens with zero attached hydrogens (tertiary/aromatic N) is 2. The standard InChI is InChI=1S/C14H23BrN2O2/c1-13(2)12(14(13,3)4)11(18)10-9(15)8-16-17(10)6-7-19-5/h8,11-12,18H,6-7H2,1-5H3. The third-order valence-corrected chi connectivity index (χ3v) is 5.68.